The van der Waals surface area contributed by atoms with Crippen molar-refractivity contribution < 1.29 is 9.53 Å². The highest BCUT2D eigenvalue weighted by molar-refractivity contribution is 5.93. The topological polar surface area (TPSA) is 68.1 Å². The molecule has 0 saturated heterocycles. The normalized spacial score (nSPS) is 12.9. The first-order valence-corrected chi connectivity index (χ1v) is 10.3. The minimum atomic E-state index is -0.713. The van der Waals surface area contributed by atoms with E-state index in [1.54, 1.807) is 0 Å². The van der Waals surface area contributed by atoms with E-state index >= 15 is 0 Å². The van der Waals surface area contributed by atoms with Crippen molar-refractivity contribution >= 4 is 16.9 Å². The summed E-state index contributed by atoms with van der Waals surface area (Å²) < 4.78 is 5.29. The van der Waals surface area contributed by atoms with Gasteiger partial charge in [0.15, 0.2) is 0 Å². The number of rotatable bonds is 6. The van der Waals surface area contributed by atoms with Gasteiger partial charge in [0.25, 0.3) is 0 Å². The summed E-state index contributed by atoms with van der Waals surface area (Å²) in [5, 5.41) is 1.15. The average Bonchev–Trinajstić information content (AvgIpc) is 3.05. The van der Waals surface area contributed by atoms with Crippen LogP contribution >= 0.6 is 0 Å². The van der Waals surface area contributed by atoms with Crippen molar-refractivity contribution in [1.29, 1.82) is 0 Å². The maximum absolute atomic E-state index is 12.5. The Balaban J connectivity index is 2.21. The van der Waals surface area contributed by atoms with Crippen LogP contribution in [0.5, 0.6) is 0 Å². The van der Waals surface area contributed by atoms with E-state index in [0.29, 0.717) is 13.2 Å². The van der Waals surface area contributed by atoms with E-state index in [1.807, 2.05) is 26.8 Å². The molecule has 0 fully saturated rings. The molecule has 154 valence electrons. The molecule has 3 N–H and O–H groups in total. The van der Waals surface area contributed by atoms with Gasteiger partial charge in [-0.1, -0.05) is 36.2 Å². The summed E-state index contributed by atoms with van der Waals surface area (Å²) in [5.41, 5.74) is 13.3. The Labute approximate surface area is 173 Å². The molecule has 0 aliphatic rings. The summed E-state index contributed by atoms with van der Waals surface area (Å²) in [6, 6.07) is 12.8. The molecule has 0 amide bonds. The molecule has 3 aromatic rings. The van der Waals surface area contributed by atoms with Crippen molar-refractivity contribution in [2.24, 2.45) is 5.73 Å². The van der Waals surface area contributed by atoms with Crippen LogP contribution in [0, 0.1) is 13.8 Å². The van der Waals surface area contributed by atoms with Crippen molar-refractivity contribution in [1.82, 2.24) is 4.98 Å². The zero-order chi connectivity index (χ0) is 21.3. The van der Waals surface area contributed by atoms with Gasteiger partial charge < -0.3 is 15.5 Å². The lowest BCUT2D eigenvalue weighted by Gasteiger charge is -2.23. The number of aromatic amines is 1. The van der Waals surface area contributed by atoms with Crippen molar-refractivity contribution in [2.75, 3.05) is 13.2 Å². The van der Waals surface area contributed by atoms with E-state index in [0.717, 1.165) is 22.2 Å². The van der Waals surface area contributed by atoms with Crippen LogP contribution in [-0.2, 0) is 14.9 Å². The van der Waals surface area contributed by atoms with Crippen molar-refractivity contribution in [3.8, 4) is 11.3 Å². The number of nitrogens with two attached hydrogens (primary N) is 1. The fourth-order valence-corrected chi connectivity index (χ4v) is 4.01. The van der Waals surface area contributed by atoms with Gasteiger partial charge in [-0.05, 0) is 82.0 Å². The average molecular weight is 393 g/mol. The second kappa shape index (κ2) is 8.03. The molecule has 3 rings (SSSR count). The van der Waals surface area contributed by atoms with E-state index in [1.165, 1.54) is 22.3 Å². The van der Waals surface area contributed by atoms with Gasteiger partial charge >= 0.3 is 5.97 Å². The Morgan fingerprint density at radius 3 is 2.38 bits per heavy atom. The Hall–Kier alpha value is -2.59. The number of fused-ring (bicyclic) bond motifs is 1. The largest absolute Gasteiger partial charge is 0.465 e. The second-order valence-corrected chi connectivity index (χ2v) is 8.53. The zero-order valence-electron chi connectivity index (χ0n) is 18.3. The van der Waals surface area contributed by atoms with Gasteiger partial charge in [0.2, 0.25) is 0 Å². The minimum absolute atomic E-state index is 0.212. The molecule has 29 heavy (non-hydrogen) atoms. The Bertz CT molecular complexity index is 1030. The van der Waals surface area contributed by atoms with Gasteiger partial charge in [-0.2, -0.15) is 0 Å². The molecule has 1 unspecified atom stereocenters. The van der Waals surface area contributed by atoms with E-state index in [9.17, 15) is 4.79 Å². The highest BCUT2D eigenvalue weighted by Gasteiger charge is 2.32. The molecule has 4 heteroatoms. The summed E-state index contributed by atoms with van der Waals surface area (Å²) in [4.78, 5) is 16.1. The van der Waals surface area contributed by atoms with E-state index < -0.39 is 5.41 Å². The second-order valence-electron chi connectivity index (χ2n) is 8.53. The van der Waals surface area contributed by atoms with Crippen LogP contribution in [0.1, 0.15) is 55.9 Å². The number of hydrogen-bond donors (Lipinski definition) is 2. The van der Waals surface area contributed by atoms with Gasteiger partial charge in [-0.15, -0.1) is 0 Å². The lowest BCUT2D eigenvalue weighted by molar-refractivity contribution is -0.148. The molecule has 4 nitrogen and oxygen atoms in total. The number of carbonyl (C=O) groups is 1. The van der Waals surface area contributed by atoms with Gasteiger partial charge in [0, 0.05) is 10.9 Å². The number of ether oxygens (including phenoxy) is 1. The molecular formula is C25H32N2O2. The minimum Gasteiger partial charge on any atom is -0.465 e. The van der Waals surface area contributed by atoms with Gasteiger partial charge in [0.1, 0.15) is 0 Å². The number of H-pyrrole nitrogens is 1. The van der Waals surface area contributed by atoms with Crippen LogP contribution in [0.15, 0.2) is 36.4 Å². The van der Waals surface area contributed by atoms with Crippen LogP contribution in [-0.4, -0.2) is 24.1 Å². The predicted molar refractivity (Wildman–Crippen MR) is 120 cm³/mol. The summed E-state index contributed by atoms with van der Waals surface area (Å²) in [5.74, 6) is -0.000487. The molecule has 1 atom stereocenters. The molecule has 2 aromatic carbocycles. The molecule has 0 saturated carbocycles. The monoisotopic (exact) mass is 392 g/mol. The Morgan fingerprint density at radius 2 is 1.79 bits per heavy atom. The highest BCUT2D eigenvalue weighted by Crippen LogP contribution is 2.38. The first-order valence-electron chi connectivity index (χ1n) is 10.3. The van der Waals surface area contributed by atoms with Gasteiger partial charge in [0.05, 0.1) is 17.7 Å². The molecule has 1 aromatic heterocycles. The summed E-state index contributed by atoms with van der Waals surface area (Å²) in [6.45, 7) is 13.0. The number of aryl methyl sites for hydroxylation is 2. The molecule has 1 heterocycles. The molecule has 0 bridgehead atoms. The third kappa shape index (κ3) is 3.95. The van der Waals surface area contributed by atoms with Crippen LogP contribution in [0.25, 0.3) is 22.2 Å². The molecule has 0 spiro atoms. The van der Waals surface area contributed by atoms with E-state index in [4.69, 9.17) is 10.5 Å². The first kappa shape index (κ1) is 21.1. The van der Waals surface area contributed by atoms with E-state index in [2.05, 4.69) is 56.1 Å². The van der Waals surface area contributed by atoms with Crippen LogP contribution in [0.2, 0.25) is 0 Å². The number of aromatic nitrogens is 1. The maximum atomic E-state index is 12.5. The third-order valence-corrected chi connectivity index (χ3v) is 5.70. The lowest BCUT2D eigenvalue weighted by Crippen LogP contribution is -2.31. The number of benzene rings is 2. The molecule has 0 radical (unpaired) electrons. The number of carbonyl (C=O) groups excluding carboxylic acids is 1. The van der Waals surface area contributed by atoms with Crippen LogP contribution < -0.4 is 5.73 Å². The lowest BCUT2D eigenvalue weighted by atomic mass is 9.84. The third-order valence-electron chi connectivity index (χ3n) is 5.70. The van der Waals surface area contributed by atoms with Gasteiger partial charge in [-0.25, -0.2) is 0 Å². The molecule has 0 aliphatic carbocycles. The molecule has 0 aliphatic heterocycles. The Kier molecular flexibility index (Phi) is 5.85. The van der Waals surface area contributed by atoms with Crippen LogP contribution in [0.3, 0.4) is 0 Å². The summed E-state index contributed by atoms with van der Waals surface area (Å²) in [6.07, 6.45) is 0. The van der Waals surface area contributed by atoms with Crippen molar-refractivity contribution in [2.45, 2.75) is 52.9 Å². The number of nitrogens with one attached hydrogen (secondary N) is 1. The number of esters is 1. The van der Waals surface area contributed by atoms with E-state index in [-0.39, 0.29) is 11.9 Å². The highest BCUT2D eigenvalue weighted by atomic mass is 16.5. The first-order chi connectivity index (χ1) is 13.7. The standard InChI is InChI=1S/C25H32N2O2/c1-7-29-24(28)25(5,6)19-8-9-20-21(13-19)27-23(22(20)17(4)14-26)18-11-15(2)10-16(3)12-18/h8-13,17,27H,7,14,26H2,1-6H3. The smallest absolute Gasteiger partial charge is 0.315 e. The van der Waals surface area contributed by atoms with Crippen molar-refractivity contribution in [3.63, 3.8) is 0 Å². The maximum Gasteiger partial charge on any atom is 0.315 e. The fraction of sp³-hybridized carbons (Fsp3) is 0.400. The summed E-state index contributed by atoms with van der Waals surface area (Å²) >= 11 is 0. The predicted octanol–water partition coefficient (Wildman–Crippen LogP) is 5.35. The fourth-order valence-electron chi connectivity index (χ4n) is 4.01. The molecular weight excluding hydrogens is 360 g/mol. The quantitative estimate of drug-likeness (QED) is 0.555. The summed E-state index contributed by atoms with van der Waals surface area (Å²) in [7, 11) is 0. The van der Waals surface area contributed by atoms with Gasteiger partial charge in [-0.3, -0.25) is 4.79 Å². The zero-order valence-corrected chi connectivity index (χ0v) is 18.3. The SMILES string of the molecule is CCOC(=O)C(C)(C)c1ccc2c(C(C)CN)c(-c3cc(C)cc(C)c3)[nH]c2c1. The van der Waals surface area contributed by atoms with Crippen LogP contribution in [0.4, 0.5) is 0 Å². The Morgan fingerprint density at radius 1 is 1.14 bits per heavy atom. The van der Waals surface area contributed by atoms with Crippen molar-refractivity contribution in [3.05, 3.63) is 58.7 Å². The number of hydrogen-bond acceptors (Lipinski definition) is 3.